The van der Waals surface area contributed by atoms with Gasteiger partial charge in [-0.1, -0.05) is 19.9 Å². The van der Waals surface area contributed by atoms with Gasteiger partial charge >= 0.3 is 0 Å². The lowest BCUT2D eigenvalue weighted by molar-refractivity contribution is 0.0734. The Kier molecular flexibility index (Phi) is 5.34. The van der Waals surface area contributed by atoms with E-state index in [0.717, 1.165) is 50.3 Å². The molecule has 4 heterocycles. The molecule has 1 aliphatic heterocycles. The van der Waals surface area contributed by atoms with Crippen molar-refractivity contribution in [1.29, 1.82) is 0 Å². The largest absolute Gasteiger partial charge is 0.330 e. The SMILES string of the molecule is CCN(CC)Cc1cnc2c(C(=O)N3CCC[C@H]3c3ccccn3)cnn2c1. The first-order chi connectivity index (χ1) is 13.7. The van der Waals surface area contributed by atoms with Crippen molar-refractivity contribution in [3.63, 3.8) is 0 Å². The molecular formula is C21H26N6O. The minimum absolute atomic E-state index is 0.0191. The lowest BCUT2D eigenvalue weighted by atomic mass is 10.1. The van der Waals surface area contributed by atoms with E-state index in [0.29, 0.717) is 11.2 Å². The molecule has 1 saturated heterocycles. The molecule has 0 aromatic carbocycles. The number of fused-ring (bicyclic) bond motifs is 1. The summed E-state index contributed by atoms with van der Waals surface area (Å²) in [7, 11) is 0. The first-order valence-corrected chi connectivity index (χ1v) is 9.97. The van der Waals surface area contributed by atoms with Crippen molar-refractivity contribution in [2.75, 3.05) is 19.6 Å². The number of hydrogen-bond acceptors (Lipinski definition) is 5. The van der Waals surface area contributed by atoms with E-state index in [1.54, 1.807) is 16.9 Å². The van der Waals surface area contributed by atoms with Gasteiger partial charge in [0, 0.05) is 37.2 Å². The number of carbonyl (C=O) groups excluding carboxylic acids is 1. The maximum Gasteiger partial charge on any atom is 0.259 e. The maximum atomic E-state index is 13.3. The molecule has 0 aliphatic carbocycles. The van der Waals surface area contributed by atoms with Crippen LogP contribution in [0, 0.1) is 0 Å². The molecule has 1 atom stereocenters. The molecule has 0 spiro atoms. The average Bonchev–Trinajstić information content (AvgIpc) is 3.39. The van der Waals surface area contributed by atoms with E-state index in [-0.39, 0.29) is 11.9 Å². The van der Waals surface area contributed by atoms with Gasteiger partial charge < -0.3 is 4.90 Å². The Balaban J connectivity index is 1.59. The predicted molar refractivity (Wildman–Crippen MR) is 107 cm³/mol. The van der Waals surface area contributed by atoms with E-state index in [9.17, 15) is 4.79 Å². The molecule has 7 heteroatoms. The number of amides is 1. The van der Waals surface area contributed by atoms with Crippen molar-refractivity contribution in [2.45, 2.75) is 39.3 Å². The third-order valence-electron chi connectivity index (χ3n) is 5.48. The number of pyridine rings is 1. The van der Waals surface area contributed by atoms with Crippen molar-refractivity contribution in [1.82, 2.24) is 29.4 Å². The van der Waals surface area contributed by atoms with Crippen LogP contribution in [0.1, 0.15) is 54.3 Å². The molecule has 0 bridgehead atoms. The van der Waals surface area contributed by atoms with Gasteiger partial charge in [0.05, 0.1) is 17.9 Å². The van der Waals surface area contributed by atoms with Gasteiger partial charge in [0.15, 0.2) is 5.65 Å². The molecule has 1 fully saturated rings. The van der Waals surface area contributed by atoms with Gasteiger partial charge in [-0.05, 0) is 38.1 Å². The molecule has 1 aliphatic rings. The summed E-state index contributed by atoms with van der Waals surface area (Å²) in [6, 6.07) is 5.88. The van der Waals surface area contributed by atoms with Gasteiger partial charge in [0.1, 0.15) is 5.56 Å². The molecule has 0 unspecified atom stereocenters. The number of carbonyl (C=O) groups is 1. The summed E-state index contributed by atoms with van der Waals surface area (Å²) in [6.45, 7) is 7.83. The molecule has 3 aromatic rings. The second kappa shape index (κ2) is 8.06. The molecule has 0 radical (unpaired) electrons. The Labute approximate surface area is 165 Å². The number of rotatable bonds is 6. The monoisotopic (exact) mass is 378 g/mol. The summed E-state index contributed by atoms with van der Waals surface area (Å²) < 4.78 is 1.72. The van der Waals surface area contributed by atoms with Gasteiger partial charge in [0.25, 0.3) is 5.91 Å². The molecular weight excluding hydrogens is 352 g/mol. The van der Waals surface area contributed by atoms with Crippen LogP contribution in [-0.4, -0.2) is 54.9 Å². The van der Waals surface area contributed by atoms with Crippen LogP contribution in [0.25, 0.3) is 5.65 Å². The van der Waals surface area contributed by atoms with Crippen molar-refractivity contribution in [2.24, 2.45) is 0 Å². The minimum atomic E-state index is -0.0212. The van der Waals surface area contributed by atoms with Crippen LogP contribution in [0.2, 0.25) is 0 Å². The summed E-state index contributed by atoms with van der Waals surface area (Å²) in [5, 5.41) is 4.40. The zero-order valence-corrected chi connectivity index (χ0v) is 16.5. The standard InChI is InChI=1S/C21H26N6O/c1-3-25(4-2)14-16-12-23-20-17(13-24-27(20)15-16)21(28)26-11-7-9-19(26)18-8-5-6-10-22-18/h5-6,8,10,12-13,15,19H,3-4,7,9,11,14H2,1-2H3/t19-/m0/s1. The minimum Gasteiger partial charge on any atom is -0.330 e. The zero-order chi connectivity index (χ0) is 19.5. The predicted octanol–water partition coefficient (Wildman–Crippen LogP) is 2.94. The molecule has 0 saturated carbocycles. The summed E-state index contributed by atoms with van der Waals surface area (Å²) in [4.78, 5) is 26.5. The van der Waals surface area contributed by atoms with E-state index in [4.69, 9.17) is 0 Å². The van der Waals surface area contributed by atoms with Crippen LogP contribution < -0.4 is 0 Å². The van der Waals surface area contributed by atoms with Crippen molar-refractivity contribution in [3.8, 4) is 0 Å². The maximum absolute atomic E-state index is 13.3. The zero-order valence-electron chi connectivity index (χ0n) is 16.5. The van der Waals surface area contributed by atoms with Crippen LogP contribution in [0.15, 0.2) is 43.0 Å². The Morgan fingerprint density at radius 2 is 2.07 bits per heavy atom. The number of likely N-dealkylation sites (tertiary alicyclic amines) is 1. The Bertz CT molecular complexity index is 950. The van der Waals surface area contributed by atoms with Gasteiger partial charge in [-0.25, -0.2) is 9.50 Å². The smallest absolute Gasteiger partial charge is 0.259 e. The van der Waals surface area contributed by atoms with Crippen LogP contribution in [-0.2, 0) is 6.54 Å². The molecule has 0 N–H and O–H groups in total. The third-order valence-corrected chi connectivity index (χ3v) is 5.48. The number of aromatic nitrogens is 4. The van der Waals surface area contributed by atoms with Crippen LogP contribution >= 0.6 is 0 Å². The van der Waals surface area contributed by atoms with Crippen LogP contribution in [0.3, 0.4) is 0 Å². The summed E-state index contributed by atoms with van der Waals surface area (Å²) >= 11 is 0. The second-order valence-electron chi connectivity index (χ2n) is 7.16. The van der Waals surface area contributed by atoms with E-state index in [1.165, 1.54) is 0 Å². The van der Waals surface area contributed by atoms with Crippen LogP contribution in [0.4, 0.5) is 0 Å². The summed E-state index contributed by atoms with van der Waals surface area (Å²) in [6.07, 6.45) is 9.16. The first-order valence-electron chi connectivity index (χ1n) is 9.97. The van der Waals surface area contributed by atoms with E-state index >= 15 is 0 Å². The third kappa shape index (κ3) is 3.49. The lowest BCUT2D eigenvalue weighted by Crippen LogP contribution is -2.31. The van der Waals surface area contributed by atoms with Gasteiger partial charge in [-0.2, -0.15) is 5.10 Å². The Morgan fingerprint density at radius 3 is 2.82 bits per heavy atom. The Hall–Kier alpha value is -2.80. The van der Waals surface area contributed by atoms with E-state index < -0.39 is 0 Å². The van der Waals surface area contributed by atoms with E-state index in [2.05, 4.69) is 33.8 Å². The Morgan fingerprint density at radius 1 is 1.21 bits per heavy atom. The average molecular weight is 378 g/mol. The van der Waals surface area contributed by atoms with Crippen molar-refractivity contribution < 1.29 is 4.79 Å². The molecule has 3 aromatic heterocycles. The van der Waals surface area contributed by atoms with Crippen molar-refractivity contribution >= 4 is 11.6 Å². The highest BCUT2D eigenvalue weighted by atomic mass is 16.2. The number of nitrogens with zero attached hydrogens (tertiary/aromatic N) is 6. The van der Waals surface area contributed by atoms with Gasteiger partial charge in [-0.3, -0.25) is 14.7 Å². The highest BCUT2D eigenvalue weighted by Gasteiger charge is 2.33. The van der Waals surface area contributed by atoms with Gasteiger partial charge in [0.2, 0.25) is 0 Å². The van der Waals surface area contributed by atoms with Crippen LogP contribution in [0.5, 0.6) is 0 Å². The summed E-state index contributed by atoms with van der Waals surface area (Å²) in [5.41, 5.74) is 3.20. The molecule has 28 heavy (non-hydrogen) atoms. The fourth-order valence-electron chi connectivity index (χ4n) is 3.90. The molecule has 1 amide bonds. The first kappa shape index (κ1) is 18.6. The van der Waals surface area contributed by atoms with E-state index in [1.807, 2.05) is 35.5 Å². The fraction of sp³-hybridized carbons (Fsp3) is 0.429. The normalized spacial score (nSPS) is 17.0. The number of hydrogen-bond donors (Lipinski definition) is 0. The molecule has 7 nitrogen and oxygen atoms in total. The summed E-state index contributed by atoms with van der Waals surface area (Å²) in [5.74, 6) is -0.0212. The van der Waals surface area contributed by atoms with Gasteiger partial charge in [-0.15, -0.1) is 0 Å². The molecule has 4 rings (SSSR count). The highest BCUT2D eigenvalue weighted by Crippen LogP contribution is 2.32. The molecule has 146 valence electrons. The van der Waals surface area contributed by atoms with Crippen molar-refractivity contribution in [3.05, 3.63) is 59.8 Å². The lowest BCUT2D eigenvalue weighted by Gasteiger charge is -2.23. The topological polar surface area (TPSA) is 66.6 Å². The second-order valence-corrected chi connectivity index (χ2v) is 7.16. The fourth-order valence-corrected chi connectivity index (χ4v) is 3.90. The quantitative estimate of drug-likeness (QED) is 0.660. The highest BCUT2D eigenvalue weighted by molar-refractivity contribution is 6.00.